The van der Waals surface area contributed by atoms with Gasteiger partial charge in [-0.2, -0.15) is 11.3 Å². The summed E-state index contributed by atoms with van der Waals surface area (Å²) in [5.41, 5.74) is 2.04. The molecule has 0 radical (unpaired) electrons. The first-order valence-electron chi connectivity index (χ1n) is 8.25. The van der Waals surface area contributed by atoms with Crippen LogP contribution in [0.4, 0.5) is 0 Å². The molecule has 1 aromatic heterocycles. The predicted molar refractivity (Wildman–Crippen MR) is 90.5 cm³/mol. The van der Waals surface area contributed by atoms with Gasteiger partial charge < -0.3 is 5.32 Å². The summed E-state index contributed by atoms with van der Waals surface area (Å²) in [7, 11) is 0. The Morgan fingerprint density at radius 2 is 2.10 bits per heavy atom. The van der Waals surface area contributed by atoms with Crippen LogP contribution >= 0.6 is 11.3 Å². The van der Waals surface area contributed by atoms with E-state index in [0.717, 1.165) is 24.3 Å². The summed E-state index contributed by atoms with van der Waals surface area (Å²) in [4.78, 5) is 0. The zero-order chi connectivity index (χ0) is 14.6. The molecule has 2 rings (SSSR count). The Balaban J connectivity index is 2.05. The van der Waals surface area contributed by atoms with Gasteiger partial charge >= 0.3 is 0 Å². The van der Waals surface area contributed by atoms with E-state index in [2.05, 4.69) is 49.8 Å². The van der Waals surface area contributed by atoms with Crippen molar-refractivity contribution in [1.82, 2.24) is 5.32 Å². The van der Waals surface area contributed by atoms with Crippen LogP contribution in [0.15, 0.2) is 16.8 Å². The second-order valence-electron chi connectivity index (χ2n) is 7.50. The van der Waals surface area contributed by atoms with E-state index in [1.165, 1.54) is 32.2 Å². The molecule has 1 aliphatic rings. The average molecular weight is 294 g/mol. The largest absolute Gasteiger partial charge is 0.316 e. The molecular weight excluding hydrogens is 262 g/mol. The second-order valence-corrected chi connectivity index (χ2v) is 8.28. The van der Waals surface area contributed by atoms with E-state index < -0.39 is 0 Å². The molecule has 3 atom stereocenters. The first-order valence-corrected chi connectivity index (χ1v) is 9.19. The van der Waals surface area contributed by atoms with E-state index in [0.29, 0.717) is 5.41 Å². The van der Waals surface area contributed by atoms with Crippen molar-refractivity contribution < 1.29 is 0 Å². The van der Waals surface area contributed by atoms with Gasteiger partial charge in [-0.15, -0.1) is 0 Å². The summed E-state index contributed by atoms with van der Waals surface area (Å²) in [5, 5.41) is 8.27. The van der Waals surface area contributed by atoms with Crippen molar-refractivity contribution in [3.05, 3.63) is 22.4 Å². The number of thiophene rings is 1. The first kappa shape index (κ1) is 16.0. The lowest BCUT2D eigenvalue weighted by atomic mass is 9.64. The lowest BCUT2D eigenvalue weighted by molar-refractivity contribution is 0.129. The van der Waals surface area contributed by atoms with E-state index in [9.17, 15) is 0 Å². The molecule has 3 unspecified atom stereocenters. The van der Waals surface area contributed by atoms with Crippen molar-refractivity contribution >= 4 is 11.3 Å². The summed E-state index contributed by atoms with van der Waals surface area (Å²) in [6, 6.07) is 2.35. The van der Waals surface area contributed by atoms with Gasteiger partial charge in [0.15, 0.2) is 0 Å². The fourth-order valence-electron chi connectivity index (χ4n) is 3.62. The van der Waals surface area contributed by atoms with Crippen molar-refractivity contribution in [2.24, 2.45) is 17.3 Å². The monoisotopic (exact) mass is 293 g/mol. The molecule has 114 valence electrons. The fraction of sp³-hybridized carbons (Fsp3) is 0.778. The fourth-order valence-corrected chi connectivity index (χ4v) is 4.35. The van der Waals surface area contributed by atoms with E-state index >= 15 is 0 Å². The van der Waals surface area contributed by atoms with Crippen molar-refractivity contribution in [3.63, 3.8) is 0 Å². The highest BCUT2D eigenvalue weighted by Gasteiger charge is 2.36. The highest BCUT2D eigenvalue weighted by atomic mass is 32.1. The minimum absolute atomic E-state index is 0.454. The van der Waals surface area contributed by atoms with Crippen molar-refractivity contribution in [2.75, 3.05) is 13.1 Å². The molecule has 0 bridgehead atoms. The molecule has 1 heterocycles. The van der Waals surface area contributed by atoms with E-state index in [1.807, 2.05) is 11.3 Å². The van der Waals surface area contributed by atoms with Crippen LogP contribution in [-0.2, 0) is 0 Å². The Labute approximate surface area is 129 Å². The molecule has 1 N–H and O–H groups in total. The molecule has 0 aliphatic heterocycles. The highest BCUT2D eigenvalue weighted by Crippen LogP contribution is 2.46. The lowest BCUT2D eigenvalue weighted by Gasteiger charge is -2.42. The maximum absolute atomic E-state index is 3.65. The molecule has 1 nitrogen and oxygen atoms in total. The lowest BCUT2D eigenvalue weighted by Crippen LogP contribution is -2.35. The third-order valence-electron chi connectivity index (χ3n) is 5.02. The molecule has 1 saturated carbocycles. The van der Waals surface area contributed by atoms with Gasteiger partial charge in [0, 0.05) is 0 Å². The molecule has 1 fully saturated rings. The predicted octanol–water partition coefficient (Wildman–Crippen LogP) is 5.29. The molecule has 1 aromatic rings. The number of hydrogen-bond acceptors (Lipinski definition) is 2. The van der Waals surface area contributed by atoms with Gasteiger partial charge in [0.1, 0.15) is 0 Å². The summed E-state index contributed by atoms with van der Waals surface area (Å²) >= 11 is 1.85. The molecule has 0 aromatic carbocycles. The summed E-state index contributed by atoms with van der Waals surface area (Å²) < 4.78 is 0. The van der Waals surface area contributed by atoms with Crippen molar-refractivity contribution in [3.8, 4) is 0 Å². The van der Waals surface area contributed by atoms with Crippen LogP contribution in [0.1, 0.15) is 64.9 Å². The normalized spacial score (nSPS) is 27.7. The standard InChI is InChI=1S/C18H31NS/c1-5-9-19-12-14-6-7-16(18(2,3)4)11-17(14)15-8-10-20-13-15/h8,10,13-14,16-17,19H,5-7,9,11-12H2,1-4H3. The average Bonchev–Trinajstić information content (AvgIpc) is 2.92. The minimum atomic E-state index is 0.454. The topological polar surface area (TPSA) is 12.0 Å². The number of hydrogen-bond donors (Lipinski definition) is 1. The third kappa shape index (κ3) is 4.08. The highest BCUT2D eigenvalue weighted by molar-refractivity contribution is 7.07. The Kier molecular flexibility index (Phi) is 5.68. The number of nitrogens with one attached hydrogen (secondary N) is 1. The maximum atomic E-state index is 3.65. The molecule has 0 spiro atoms. The summed E-state index contributed by atoms with van der Waals surface area (Å²) in [6.07, 6.45) is 5.40. The Morgan fingerprint density at radius 3 is 2.70 bits per heavy atom. The second kappa shape index (κ2) is 7.09. The van der Waals surface area contributed by atoms with Crippen molar-refractivity contribution in [1.29, 1.82) is 0 Å². The first-order chi connectivity index (χ1) is 9.52. The Hall–Kier alpha value is -0.340. The molecular formula is C18H31NS. The Bertz CT molecular complexity index is 377. The molecule has 1 aliphatic carbocycles. The third-order valence-corrected chi connectivity index (χ3v) is 5.72. The molecule has 20 heavy (non-hydrogen) atoms. The molecule has 0 amide bonds. The number of rotatable bonds is 5. The summed E-state index contributed by atoms with van der Waals surface area (Å²) in [6.45, 7) is 11.9. The van der Waals surface area contributed by atoms with Crippen LogP contribution in [0.3, 0.4) is 0 Å². The minimum Gasteiger partial charge on any atom is -0.316 e. The Morgan fingerprint density at radius 1 is 1.30 bits per heavy atom. The molecule has 2 heteroatoms. The van der Waals surface area contributed by atoms with Crippen LogP contribution in [-0.4, -0.2) is 13.1 Å². The van der Waals surface area contributed by atoms with Gasteiger partial charge in [0.2, 0.25) is 0 Å². The maximum Gasteiger partial charge on any atom is -0.00147 e. The van der Waals surface area contributed by atoms with Gasteiger partial charge in [-0.3, -0.25) is 0 Å². The van der Waals surface area contributed by atoms with E-state index in [4.69, 9.17) is 0 Å². The van der Waals surface area contributed by atoms with Gasteiger partial charge in [-0.05, 0) is 84.3 Å². The zero-order valence-electron chi connectivity index (χ0n) is 13.6. The van der Waals surface area contributed by atoms with Crippen LogP contribution in [0, 0.1) is 17.3 Å². The van der Waals surface area contributed by atoms with Gasteiger partial charge in [-0.1, -0.05) is 27.7 Å². The van der Waals surface area contributed by atoms with E-state index in [1.54, 1.807) is 5.56 Å². The van der Waals surface area contributed by atoms with Crippen LogP contribution in [0.25, 0.3) is 0 Å². The summed E-state index contributed by atoms with van der Waals surface area (Å²) in [5.74, 6) is 2.47. The molecule has 0 saturated heterocycles. The SMILES string of the molecule is CCCNCC1CCC(C(C)(C)C)CC1c1ccsc1. The zero-order valence-corrected chi connectivity index (χ0v) is 14.4. The van der Waals surface area contributed by atoms with Crippen LogP contribution < -0.4 is 5.32 Å². The van der Waals surface area contributed by atoms with Crippen molar-refractivity contribution in [2.45, 2.75) is 59.3 Å². The quantitative estimate of drug-likeness (QED) is 0.727. The van der Waals surface area contributed by atoms with Gasteiger partial charge in [-0.25, -0.2) is 0 Å². The van der Waals surface area contributed by atoms with Gasteiger partial charge in [0.05, 0.1) is 0 Å². The van der Waals surface area contributed by atoms with Crippen LogP contribution in [0.2, 0.25) is 0 Å². The van der Waals surface area contributed by atoms with E-state index in [-0.39, 0.29) is 0 Å². The van der Waals surface area contributed by atoms with Crippen LogP contribution in [0.5, 0.6) is 0 Å². The van der Waals surface area contributed by atoms with Gasteiger partial charge in [0.25, 0.3) is 0 Å². The smallest absolute Gasteiger partial charge is 0.00147 e.